The smallest absolute Gasteiger partial charge is 0.271 e. The third kappa shape index (κ3) is 4.25. The van der Waals surface area contributed by atoms with Gasteiger partial charge in [0, 0.05) is 15.7 Å². The van der Waals surface area contributed by atoms with Crippen LogP contribution >= 0.6 is 39.1 Å². The van der Waals surface area contributed by atoms with Crippen molar-refractivity contribution in [2.75, 3.05) is 5.32 Å². The van der Waals surface area contributed by atoms with Crippen LogP contribution in [0.4, 0.5) is 5.69 Å². The number of benzene rings is 1. The first-order valence-corrected chi connectivity index (χ1v) is 7.72. The number of carbonyl (C=O) groups excluding carboxylic acids is 1. The van der Waals surface area contributed by atoms with Crippen LogP contribution in [-0.2, 0) is 4.79 Å². The number of aromatic amines is 1. The molecule has 1 unspecified atom stereocenters. The molecule has 0 saturated heterocycles. The summed E-state index contributed by atoms with van der Waals surface area (Å²) in [6.07, 6.45) is 0.628. The Bertz CT molecular complexity index is 764. The molecule has 0 spiro atoms. The molecule has 2 aromatic rings. The van der Waals surface area contributed by atoms with Crippen LogP contribution in [0.5, 0.6) is 5.75 Å². The number of H-pyrrole nitrogens is 1. The number of aromatic nitrogens is 1. The highest BCUT2D eigenvalue weighted by atomic mass is 79.9. The van der Waals surface area contributed by atoms with Gasteiger partial charge < -0.3 is 15.0 Å². The summed E-state index contributed by atoms with van der Waals surface area (Å²) in [6, 6.07) is 6.19. The molecule has 0 aliphatic heterocycles. The van der Waals surface area contributed by atoms with E-state index in [1.165, 1.54) is 18.3 Å². The van der Waals surface area contributed by atoms with Crippen LogP contribution in [0.25, 0.3) is 0 Å². The van der Waals surface area contributed by atoms with Gasteiger partial charge in [0.05, 0.1) is 5.02 Å². The minimum Gasteiger partial charge on any atom is -0.479 e. The fourth-order valence-electron chi connectivity index (χ4n) is 1.60. The van der Waals surface area contributed by atoms with E-state index in [9.17, 15) is 9.59 Å². The number of carbonyl (C=O) groups is 1. The van der Waals surface area contributed by atoms with Crippen molar-refractivity contribution in [3.8, 4) is 5.75 Å². The lowest BCUT2D eigenvalue weighted by molar-refractivity contribution is -0.122. The van der Waals surface area contributed by atoms with E-state index < -0.39 is 17.6 Å². The van der Waals surface area contributed by atoms with Gasteiger partial charge in [-0.3, -0.25) is 9.59 Å². The van der Waals surface area contributed by atoms with Gasteiger partial charge in [-0.25, -0.2) is 0 Å². The van der Waals surface area contributed by atoms with Gasteiger partial charge in [-0.2, -0.15) is 0 Å². The summed E-state index contributed by atoms with van der Waals surface area (Å²) in [4.78, 5) is 26.2. The zero-order valence-electron chi connectivity index (χ0n) is 11.3. The lowest BCUT2D eigenvalue weighted by atomic mass is 10.3. The van der Waals surface area contributed by atoms with Gasteiger partial charge >= 0.3 is 0 Å². The number of hydrogen-bond donors (Lipinski definition) is 2. The van der Waals surface area contributed by atoms with Crippen molar-refractivity contribution in [3.05, 3.63) is 55.3 Å². The van der Waals surface area contributed by atoms with Gasteiger partial charge in [0.2, 0.25) is 0 Å². The van der Waals surface area contributed by atoms with E-state index in [0.717, 1.165) is 0 Å². The molecule has 0 fully saturated rings. The predicted molar refractivity (Wildman–Crippen MR) is 89.9 cm³/mol. The minimum atomic E-state index is -0.850. The molecule has 0 aliphatic rings. The second-order valence-electron chi connectivity index (χ2n) is 4.38. The molecule has 116 valence electrons. The predicted octanol–water partition coefficient (Wildman–Crippen LogP) is 3.85. The van der Waals surface area contributed by atoms with Gasteiger partial charge in [-0.1, -0.05) is 23.2 Å². The van der Waals surface area contributed by atoms with E-state index in [1.54, 1.807) is 19.1 Å². The molecular weight excluding hydrogens is 395 g/mol. The second kappa shape index (κ2) is 7.17. The summed E-state index contributed by atoms with van der Waals surface area (Å²) in [6.45, 7) is 1.55. The SMILES string of the molecule is CC(Oc1ccc(Cl)cc1Cl)C(=O)Nc1cc(Br)c[nH]c1=O. The van der Waals surface area contributed by atoms with E-state index in [2.05, 4.69) is 26.2 Å². The van der Waals surface area contributed by atoms with Crippen LogP contribution in [0.15, 0.2) is 39.7 Å². The Morgan fingerprint density at radius 3 is 2.77 bits per heavy atom. The number of anilines is 1. The summed E-state index contributed by atoms with van der Waals surface area (Å²) in [5.41, 5.74) is -0.287. The Labute approximate surface area is 144 Å². The van der Waals surface area contributed by atoms with Crippen LogP contribution in [0, 0.1) is 0 Å². The van der Waals surface area contributed by atoms with Crippen molar-refractivity contribution in [2.45, 2.75) is 13.0 Å². The maximum absolute atomic E-state index is 12.1. The third-order valence-corrected chi connectivity index (χ3v) is 3.68. The lowest BCUT2D eigenvalue weighted by Crippen LogP contribution is -2.32. The van der Waals surface area contributed by atoms with Gasteiger partial charge in [-0.15, -0.1) is 0 Å². The summed E-state index contributed by atoms with van der Waals surface area (Å²) in [5.74, 6) is -0.147. The molecular formula is C14H11BrCl2N2O3. The Morgan fingerprint density at radius 2 is 2.09 bits per heavy atom. The Balaban J connectivity index is 2.09. The van der Waals surface area contributed by atoms with Gasteiger partial charge in [0.1, 0.15) is 11.4 Å². The highest BCUT2D eigenvalue weighted by Crippen LogP contribution is 2.28. The number of ether oxygens (including phenoxy) is 1. The Hall–Kier alpha value is -1.50. The molecule has 22 heavy (non-hydrogen) atoms. The summed E-state index contributed by atoms with van der Waals surface area (Å²) >= 11 is 15.0. The monoisotopic (exact) mass is 404 g/mol. The summed E-state index contributed by atoms with van der Waals surface area (Å²) in [7, 11) is 0. The quantitative estimate of drug-likeness (QED) is 0.811. The average Bonchev–Trinajstić information content (AvgIpc) is 2.45. The average molecular weight is 406 g/mol. The lowest BCUT2D eigenvalue weighted by Gasteiger charge is -2.15. The fourth-order valence-corrected chi connectivity index (χ4v) is 2.40. The fraction of sp³-hybridized carbons (Fsp3) is 0.143. The first-order chi connectivity index (χ1) is 10.4. The molecule has 1 aromatic heterocycles. The number of rotatable bonds is 4. The highest BCUT2D eigenvalue weighted by molar-refractivity contribution is 9.10. The van der Waals surface area contributed by atoms with Crippen molar-refractivity contribution in [1.29, 1.82) is 0 Å². The van der Waals surface area contributed by atoms with Crippen molar-refractivity contribution >= 4 is 50.7 Å². The van der Waals surface area contributed by atoms with Gasteiger partial charge in [0.15, 0.2) is 6.10 Å². The zero-order valence-corrected chi connectivity index (χ0v) is 14.4. The molecule has 1 atom stereocenters. The van der Waals surface area contributed by atoms with Crippen molar-refractivity contribution < 1.29 is 9.53 Å². The van der Waals surface area contributed by atoms with E-state index in [-0.39, 0.29) is 5.69 Å². The molecule has 2 rings (SSSR count). The summed E-state index contributed by atoms with van der Waals surface area (Å²) < 4.78 is 6.11. The summed E-state index contributed by atoms with van der Waals surface area (Å²) in [5, 5.41) is 3.26. The van der Waals surface area contributed by atoms with Crippen LogP contribution in [0.1, 0.15) is 6.92 Å². The van der Waals surface area contributed by atoms with E-state index in [0.29, 0.717) is 20.3 Å². The van der Waals surface area contributed by atoms with Crippen LogP contribution in [0.2, 0.25) is 10.0 Å². The molecule has 0 aliphatic carbocycles. The van der Waals surface area contributed by atoms with Gasteiger partial charge in [-0.05, 0) is 47.1 Å². The Kier molecular flexibility index (Phi) is 5.50. The van der Waals surface area contributed by atoms with E-state index in [4.69, 9.17) is 27.9 Å². The molecule has 2 N–H and O–H groups in total. The van der Waals surface area contributed by atoms with Crippen molar-refractivity contribution in [3.63, 3.8) is 0 Å². The van der Waals surface area contributed by atoms with Crippen molar-refractivity contribution in [1.82, 2.24) is 4.98 Å². The largest absolute Gasteiger partial charge is 0.479 e. The van der Waals surface area contributed by atoms with Crippen LogP contribution in [-0.4, -0.2) is 17.0 Å². The maximum Gasteiger partial charge on any atom is 0.271 e. The topological polar surface area (TPSA) is 71.2 Å². The maximum atomic E-state index is 12.1. The number of pyridine rings is 1. The molecule has 1 aromatic carbocycles. The molecule has 1 amide bonds. The number of nitrogens with one attached hydrogen (secondary N) is 2. The van der Waals surface area contributed by atoms with Gasteiger partial charge in [0.25, 0.3) is 11.5 Å². The number of hydrogen-bond acceptors (Lipinski definition) is 3. The van der Waals surface area contributed by atoms with Crippen LogP contribution < -0.4 is 15.6 Å². The minimum absolute atomic E-state index is 0.122. The molecule has 1 heterocycles. The van der Waals surface area contributed by atoms with Crippen LogP contribution in [0.3, 0.4) is 0 Å². The molecule has 5 nitrogen and oxygen atoms in total. The molecule has 0 radical (unpaired) electrons. The molecule has 8 heteroatoms. The third-order valence-electron chi connectivity index (χ3n) is 2.69. The highest BCUT2D eigenvalue weighted by Gasteiger charge is 2.17. The standard InChI is InChI=1S/C14H11BrCl2N2O3/c1-7(22-12-3-2-9(16)5-10(12)17)13(20)19-11-4-8(15)6-18-14(11)21/h2-7H,1H3,(H,18,21)(H,19,20). The molecule has 0 saturated carbocycles. The second-order valence-corrected chi connectivity index (χ2v) is 6.14. The number of amides is 1. The zero-order chi connectivity index (χ0) is 16.3. The first kappa shape index (κ1) is 16.9. The Morgan fingerprint density at radius 1 is 1.36 bits per heavy atom. The van der Waals surface area contributed by atoms with E-state index >= 15 is 0 Å². The van der Waals surface area contributed by atoms with Crippen molar-refractivity contribution in [2.24, 2.45) is 0 Å². The normalized spacial score (nSPS) is 11.8. The van der Waals surface area contributed by atoms with E-state index in [1.807, 2.05) is 0 Å². The first-order valence-electron chi connectivity index (χ1n) is 6.17. The number of halogens is 3. The molecule has 0 bridgehead atoms.